The van der Waals surface area contributed by atoms with Crippen molar-refractivity contribution in [1.82, 2.24) is 4.98 Å². The summed E-state index contributed by atoms with van der Waals surface area (Å²) >= 11 is 0. The first kappa shape index (κ1) is 13.8. The number of pyridine rings is 1. The maximum absolute atomic E-state index is 4.81. The Hall–Kier alpha value is -2.15. The monoisotopic (exact) mass is 275 g/mol. The van der Waals surface area contributed by atoms with Crippen molar-refractivity contribution in [1.29, 1.82) is 0 Å². The smallest absolute Gasteiger partial charge is 0.0709 e. The predicted molar refractivity (Wildman–Crippen MR) is 90.5 cm³/mol. The predicted octanol–water partition coefficient (Wildman–Crippen LogP) is 5.41. The second-order valence-electron chi connectivity index (χ2n) is 6.19. The molecule has 1 heteroatoms. The molecule has 3 aromatic rings. The van der Waals surface area contributed by atoms with E-state index in [1.165, 1.54) is 22.1 Å². The van der Waals surface area contributed by atoms with Crippen molar-refractivity contribution >= 4 is 10.9 Å². The molecule has 0 aliphatic rings. The van der Waals surface area contributed by atoms with Crippen LogP contribution in [0, 0.1) is 12.8 Å². The molecule has 0 aliphatic heterocycles. The topological polar surface area (TPSA) is 12.9 Å². The molecule has 3 rings (SSSR count). The van der Waals surface area contributed by atoms with E-state index in [1.807, 2.05) is 0 Å². The molecule has 0 radical (unpaired) electrons. The third-order valence-electron chi connectivity index (χ3n) is 3.71. The van der Waals surface area contributed by atoms with Crippen LogP contribution < -0.4 is 0 Å². The highest BCUT2D eigenvalue weighted by Crippen LogP contribution is 2.23. The minimum Gasteiger partial charge on any atom is -0.248 e. The molecule has 0 N–H and O–H groups in total. The van der Waals surface area contributed by atoms with Crippen LogP contribution in [0.4, 0.5) is 0 Å². The summed E-state index contributed by atoms with van der Waals surface area (Å²) < 4.78 is 0. The minimum atomic E-state index is 0.682. The lowest BCUT2D eigenvalue weighted by atomic mass is 10.0. The first-order chi connectivity index (χ1) is 10.1. The SMILES string of the molecule is Cc1cccc(-c2ccc3cc(CC(C)C)ccc3n2)c1. The van der Waals surface area contributed by atoms with Gasteiger partial charge in [0.15, 0.2) is 0 Å². The van der Waals surface area contributed by atoms with E-state index < -0.39 is 0 Å². The van der Waals surface area contributed by atoms with Gasteiger partial charge in [-0.15, -0.1) is 0 Å². The van der Waals surface area contributed by atoms with Crippen LogP contribution in [-0.4, -0.2) is 4.98 Å². The van der Waals surface area contributed by atoms with E-state index in [0.29, 0.717) is 5.92 Å². The van der Waals surface area contributed by atoms with Gasteiger partial charge in [-0.25, -0.2) is 4.98 Å². The molecule has 21 heavy (non-hydrogen) atoms. The standard InChI is InChI=1S/C20H21N/c1-14(2)11-16-7-9-19-18(13-16)8-10-20(21-19)17-6-4-5-15(3)12-17/h4-10,12-14H,11H2,1-3H3. The highest BCUT2D eigenvalue weighted by Gasteiger charge is 2.04. The molecule has 0 spiro atoms. The molecule has 106 valence electrons. The van der Waals surface area contributed by atoms with Gasteiger partial charge in [0.25, 0.3) is 0 Å². The summed E-state index contributed by atoms with van der Waals surface area (Å²) in [5.74, 6) is 0.682. The highest BCUT2D eigenvalue weighted by molar-refractivity contribution is 5.82. The molecule has 1 heterocycles. The Bertz CT molecular complexity index is 772. The van der Waals surface area contributed by atoms with Crippen LogP contribution in [0.15, 0.2) is 54.6 Å². The van der Waals surface area contributed by atoms with Gasteiger partial charge in [-0.3, -0.25) is 0 Å². The summed E-state index contributed by atoms with van der Waals surface area (Å²) in [5.41, 5.74) is 5.96. The van der Waals surface area contributed by atoms with Crippen LogP contribution in [0.2, 0.25) is 0 Å². The van der Waals surface area contributed by atoms with Gasteiger partial charge in [-0.05, 0) is 49.1 Å². The van der Waals surface area contributed by atoms with E-state index in [-0.39, 0.29) is 0 Å². The number of benzene rings is 2. The molecule has 1 nitrogen and oxygen atoms in total. The number of hydrogen-bond acceptors (Lipinski definition) is 1. The van der Waals surface area contributed by atoms with Gasteiger partial charge in [-0.1, -0.05) is 49.7 Å². The molecular weight excluding hydrogens is 254 g/mol. The average molecular weight is 275 g/mol. The molecule has 0 unspecified atom stereocenters. The molecule has 0 aliphatic carbocycles. The summed E-state index contributed by atoms with van der Waals surface area (Å²) in [7, 11) is 0. The van der Waals surface area contributed by atoms with E-state index >= 15 is 0 Å². The number of hydrogen-bond donors (Lipinski definition) is 0. The van der Waals surface area contributed by atoms with Crippen molar-refractivity contribution in [3.63, 3.8) is 0 Å². The lowest BCUT2D eigenvalue weighted by Gasteiger charge is -2.08. The number of rotatable bonds is 3. The average Bonchev–Trinajstić information content (AvgIpc) is 2.46. The van der Waals surface area contributed by atoms with E-state index in [4.69, 9.17) is 4.98 Å². The van der Waals surface area contributed by atoms with Crippen molar-refractivity contribution < 1.29 is 0 Å². The molecule has 0 fully saturated rings. The molecule has 2 aromatic carbocycles. The maximum Gasteiger partial charge on any atom is 0.0709 e. The van der Waals surface area contributed by atoms with E-state index in [9.17, 15) is 0 Å². The van der Waals surface area contributed by atoms with Crippen LogP contribution in [0.3, 0.4) is 0 Å². The van der Waals surface area contributed by atoms with Crippen molar-refractivity contribution in [2.75, 3.05) is 0 Å². The van der Waals surface area contributed by atoms with E-state index in [1.54, 1.807) is 0 Å². The second kappa shape index (κ2) is 5.69. The van der Waals surface area contributed by atoms with E-state index in [2.05, 4.69) is 75.4 Å². The van der Waals surface area contributed by atoms with Crippen LogP contribution in [0.1, 0.15) is 25.0 Å². The van der Waals surface area contributed by atoms with Crippen molar-refractivity contribution in [3.05, 3.63) is 65.7 Å². The summed E-state index contributed by atoms with van der Waals surface area (Å²) in [6.45, 7) is 6.62. The molecule has 1 aromatic heterocycles. The normalized spacial score (nSPS) is 11.2. The maximum atomic E-state index is 4.81. The zero-order valence-corrected chi connectivity index (χ0v) is 12.9. The Morgan fingerprint density at radius 3 is 2.57 bits per heavy atom. The van der Waals surface area contributed by atoms with Crippen molar-refractivity contribution in [2.24, 2.45) is 5.92 Å². The number of aryl methyl sites for hydroxylation is 1. The fraction of sp³-hybridized carbons (Fsp3) is 0.250. The van der Waals surface area contributed by atoms with Gasteiger partial charge < -0.3 is 0 Å². The zero-order valence-electron chi connectivity index (χ0n) is 12.9. The Morgan fingerprint density at radius 1 is 0.952 bits per heavy atom. The third kappa shape index (κ3) is 3.13. The molecule has 0 saturated heterocycles. The summed E-state index contributed by atoms with van der Waals surface area (Å²) in [6.07, 6.45) is 1.12. The van der Waals surface area contributed by atoms with Gasteiger partial charge in [0.2, 0.25) is 0 Å². The first-order valence-electron chi connectivity index (χ1n) is 7.58. The summed E-state index contributed by atoms with van der Waals surface area (Å²) in [5, 5.41) is 1.23. The fourth-order valence-electron chi connectivity index (χ4n) is 2.74. The molecule has 0 bridgehead atoms. The Morgan fingerprint density at radius 2 is 1.81 bits per heavy atom. The van der Waals surface area contributed by atoms with Gasteiger partial charge in [0.05, 0.1) is 11.2 Å². The Kier molecular flexibility index (Phi) is 3.74. The van der Waals surface area contributed by atoms with Crippen LogP contribution in [0.5, 0.6) is 0 Å². The van der Waals surface area contributed by atoms with Gasteiger partial charge in [0, 0.05) is 10.9 Å². The zero-order chi connectivity index (χ0) is 14.8. The first-order valence-corrected chi connectivity index (χ1v) is 7.58. The second-order valence-corrected chi connectivity index (χ2v) is 6.19. The number of fused-ring (bicyclic) bond motifs is 1. The lowest BCUT2D eigenvalue weighted by molar-refractivity contribution is 0.648. The summed E-state index contributed by atoms with van der Waals surface area (Å²) in [6, 6.07) is 19.4. The molecular formula is C20H21N. The number of aromatic nitrogens is 1. The Labute approximate surface area is 126 Å². The molecule has 0 amide bonds. The fourth-order valence-corrected chi connectivity index (χ4v) is 2.74. The quantitative estimate of drug-likeness (QED) is 0.623. The molecule has 0 atom stereocenters. The van der Waals surface area contributed by atoms with Gasteiger partial charge in [-0.2, -0.15) is 0 Å². The van der Waals surface area contributed by atoms with Crippen LogP contribution >= 0.6 is 0 Å². The van der Waals surface area contributed by atoms with E-state index in [0.717, 1.165) is 17.6 Å². The minimum absolute atomic E-state index is 0.682. The van der Waals surface area contributed by atoms with Crippen LogP contribution in [0.25, 0.3) is 22.2 Å². The van der Waals surface area contributed by atoms with Gasteiger partial charge in [0.1, 0.15) is 0 Å². The molecule has 0 saturated carbocycles. The highest BCUT2D eigenvalue weighted by atomic mass is 14.7. The number of nitrogens with zero attached hydrogens (tertiary/aromatic N) is 1. The Balaban J connectivity index is 2.01. The van der Waals surface area contributed by atoms with Crippen molar-refractivity contribution in [3.8, 4) is 11.3 Å². The largest absolute Gasteiger partial charge is 0.248 e. The van der Waals surface area contributed by atoms with Crippen LogP contribution in [-0.2, 0) is 6.42 Å². The van der Waals surface area contributed by atoms with Crippen molar-refractivity contribution in [2.45, 2.75) is 27.2 Å². The van der Waals surface area contributed by atoms with Gasteiger partial charge >= 0.3 is 0 Å². The third-order valence-corrected chi connectivity index (χ3v) is 3.71. The summed E-state index contributed by atoms with van der Waals surface area (Å²) in [4.78, 5) is 4.81. The lowest BCUT2D eigenvalue weighted by Crippen LogP contribution is -1.94.